The first-order chi connectivity index (χ1) is 14.4. The molecule has 0 spiro atoms. The molecule has 0 aliphatic rings. The smallest absolute Gasteiger partial charge is 0.265 e. The first-order valence-electron chi connectivity index (χ1n) is 8.99. The number of anilines is 1. The molecule has 8 heteroatoms. The zero-order valence-corrected chi connectivity index (χ0v) is 17.9. The van der Waals surface area contributed by atoms with Crippen LogP contribution in [0.15, 0.2) is 65.1 Å². The highest BCUT2D eigenvalue weighted by molar-refractivity contribution is 6.35. The van der Waals surface area contributed by atoms with Crippen LogP contribution >= 0.6 is 34.8 Å². The Bertz CT molecular complexity index is 1240. The molecule has 1 N–H and O–H groups in total. The molecule has 0 aliphatic carbocycles. The molecule has 3 aromatic carbocycles. The Morgan fingerprint density at radius 3 is 2.60 bits per heavy atom. The van der Waals surface area contributed by atoms with Crippen molar-refractivity contribution in [2.75, 3.05) is 5.32 Å². The van der Waals surface area contributed by atoms with Crippen molar-refractivity contribution < 1.29 is 13.9 Å². The number of hydrogen-bond donors (Lipinski definition) is 1. The zero-order valence-electron chi connectivity index (χ0n) is 15.7. The van der Waals surface area contributed by atoms with Gasteiger partial charge in [0.05, 0.1) is 15.6 Å². The van der Waals surface area contributed by atoms with Crippen LogP contribution in [0.3, 0.4) is 0 Å². The van der Waals surface area contributed by atoms with E-state index >= 15 is 0 Å². The fourth-order valence-corrected chi connectivity index (χ4v) is 3.48. The van der Waals surface area contributed by atoms with Gasteiger partial charge in [-0.2, -0.15) is 0 Å². The van der Waals surface area contributed by atoms with Gasteiger partial charge in [-0.1, -0.05) is 46.9 Å². The van der Waals surface area contributed by atoms with Gasteiger partial charge in [0.25, 0.3) is 5.91 Å². The number of rotatable bonds is 5. The van der Waals surface area contributed by atoms with E-state index in [2.05, 4.69) is 10.3 Å². The molecule has 0 radical (unpaired) electrons. The van der Waals surface area contributed by atoms with Crippen molar-refractivity contribution in [2.45, 2.75) is 13.0 Å². The van der Waals surface area contributed by atoms with Crippen LogP contribution < -0.4 is 10.1 Å². The molecule has 1 heterocycles. The van der Waals surface area contributed by atoms with Crippen LogP contribution in [0, 0.1) is 0 Å². The van der Waals surface area contributed by atoms with E-state index in [0.717, 1.165) is 0 Å². The van der Waals surface area contributed by atoms with Gasteiger partial charge in [0.15, 0.2) is 11.7 Å². The van der Waals surface area contributed by atoms with E-state index in [-0.39, 0.29) is 5.91 Å². The van der Waals surface area contributed by atoms with Gasteiger partial charge in [0.2, 0.25) is 5.89 Å². The average molecular weight is 462 g/mol. The van der Waals surface area contributed by atoms with Gasteiger partial charge >= 0.3 is 0 Å². The Kier molecular flexibility index (Phi) is 5.86. The number of ether oxygens (including phenoxy) is 1. The maximum absolute atomic E-state index is 12.5. The predicted molar refractivity (Wildman–Crippen MR) is 120 cm³/mol. The summed E-state index contributed by atoms with van der Waals surface area (Å²) >= 11 is 18.2. The Hall–Kier alpha value is -2.73. The minimum absolute atomic E-state index is 0.332. The first kappa shape index (κ1) is 20.5. The number of halogens is 3. The molecule has 1 aromatic heterocycles. The molecule has 1 unspecified atom stereocenters. The number of nitrogens with one attached hydrogen (secondary N) is 1. The fraction of sp³-hybridized carbons (Fsp3) is 0.0909. The summed E-state index contributed by atoms with van der Waals surface area (Å²) in [5.41, 5.74) is 2.43. The van der Waals surface area contributed by atoms with Crippen molar-refractivity contribution in [1.82, 2.24) is 4.98 Å². The Labute approximate surface area is 187 Å². The summed E-state index contributed by atoms with van der Waals surface area (Å²) in [7, 11) is 0. The summed E-state index contributed by atoms with van der Waals surface area (Å²) in [6.45, 7) is 1.63. The quantitative estimate of drug-likeness (QED) is 0.352. The van der Waals surface area contributed by atoms with Crippen LogP contribution in [0.4, 0.5) is 5.69 Å². The molecule has 152 valence electrons. The maximum atomic E-state index is 12.5. The lowest BCUT2D eigenvalue weighted by atomic mass is 10.2. The molecule has 4 rings (SSSR count). The van der Waals surface area contributed by atoms with Crippen molar-refractivity contribution in [2.24, 2.45) is 0 Å². The third-order valence-electron chi connectivity index (χ3n) is 4.33. The molecule has 4 aromatic rings. The van der Waals surface area contributed by atoms with Crippen LogP contribution in [-0.2, 0) is 4.79 Å². The minimum Gasteiger partial charge on any atom is -0.479 e. The van der Waals surface area contributed by atoms with Gasteiger partial charge in [0, 0.05) is 10.7 Å². The third-order valence-corrected chi connectivity index (χ3v) is 5.19. The van der Waals surface area contributed by atoms with Gasteiger partial charge in [-0.15, -0.1) is 0 Å². The maximum Gasteiger partial charge on any atom is 0.265 e. The van der Waals surface area contributed by atoms with Crippen molar-refractivity contribution in [3.63, 3.8) is 0 Å². The van der Waals surface area contributed by atoms with Crippen LogP contribution in [0.1, 0.15) is 6.92 Å². The average Bonchev–Trinajstić information content (AvgIpc) is 3.13. The minimum atomic E-state index is -0.782. The Morgan fingerprint density at radius 1 is 1.03 bits per heavy atom. The van der Waals surface area contributed by atoms with Gasteiger partial charge < -0.3 is 14.5 Å². The standard InChI is InChI=1S/C22H15Cl3N2O3/c1-12(29-19-8-6-13(23)10-17(19)25)21(28)26-14-7-9-20-18(11-14)27-22(30-20)15-4-2-3-5-16(15)24/h2-12H,1H3,(H,26,28). The number of oxazole rings is 1. The van der Waals surface area contributed by atoms with Gasteiger partial charge in [-0.25, -0.2) is 4.98 Å². The first-order valence-corrected chi connectivity index (χ1v) is 10.1. The number of aromatic nitrogens is 1. The zero-order chi connectivity index (χ0) is 21.3. The molecular formula is C22H15Cl3N2O3. The molecule has 30 heavy (non-hydrogen) atoms. The number of hydrogen-bond acceptors (Lipinski definition) is 4. The van der Waals surface area contributed by atoms with E-state index in [0.29, 0.717) is 49.1 Å². The normalized spacial score (nSPS) is 12.0. The summed E-state index contributed by atoms with van der Waals surface area (Å²) < 4.78 is 11.4. The highest BCUT2D eigenvalue weighted by Crippen LogP contribution is 2.31. The molecule has 0 saturated carbocycles. The highest BCUT2D eigenvalue weighted by atomic mass is 35.5. The van der Waals surface area contributed by atoms with Gasteiger partial charge in [0.1, 0.15) is 11.3 Å². The summed E-state index contributed by atoms with van der Waals surface area (Å²) in [6, 6.07) is 17.3. The van der Waals surface area contributed by atoms with E-state index in [1.807, 2.05) is 18.2 Å². The number of amides is 1. The van der Waals surface area contributed by atoms with Crippen molar-refractivity contribution in [1.29, 1.82) is 0 Å². The molecule has 1 atom stereocenters. The van der Waals surface area contributed by atoms with Crippen molar-refractivity contribution in [3.05, 3.63) is 75.7 Å². The summed E-state index contributed by atoms with van der Waals surface area (Å²) in [5, 5.41) is 4.17. The monoisotopic (exact) mass is 460 g/mol. The molecule has 0 saturated heterocycles. The number of fused-ring (bicyclic) bond motifs is 1. The Morgan fingerprint density at radius 2 is 1.83 bits per heavy atom. The van der Waals surface area contributed by atoms with Crippen LogP contribution in [-0.4, -0.2) is 17.0 Å². The molecule has 5 nitrogen and oxygen atoms in total. The van der Waals surface area contributed by atoms with Gasteiger partial charge in [-0.3, -0.25) is 4.79 Å². The second kappa shape index (κ2) is 8.56. The molecule has 1 amide bonds. The van der Waals surface area contributed by atoms with Crippen molar-refractivity contribution >= 4 is 57.5 Å². The van der Waals surface area contributed by atoms with Crippen LogP contribution in [0.5, 0.6) is 5.75 Å². The molecular weight excluding hydrogens is 447 g/mol. The molecule has 0 fully saturated rings. The lowest BCUT2D eigenvalue weighted by Crippen LogP contribution is -2.30. The largest absolute Gasteiger partial charge is 0.479 e. The lowest BCUT2D eigenvalue weighted by Gasteiger charge is -2.15. The number of carbonyl (C=O) groups excluding carboxylic acids is 1. The van der Waals surface area contributed by atoms with E-state index in [1.165, 1.54) is 0 Å². The van der Waals surface area contributed by atoms with E-state index in [9.17, 15) is 4.79 Å². The topological polar surface area (TPSA) is 64.4 Å². The third kappa shape index (κ3) is 4.38. The Balaban J connectivity index is 1.50. The number of nitrogens with zero attached hydrogens (tertiary/aromatic N) is 1. The van der Waals surface area contributed by atoms with E-state index in [4.69, 9.17) is 44.0 Å². The highest BCUT2D eigenvalue weighted by Gasteiger charge is 2.18. The number of carbonyl (C=O) groups is 1. The summed E-state index contributed by atoms with van der Waals surface area (Å²) in [5.74, 6) is 0.448. The second-order valence-corrected chi connectivity index (χ2v) is 7.76. The van der Waals surface area contributed by atoms with E-state index < -0.39 is 6.10 Å². The van der Waals surface area contributed by atoms with Gasteiger partial charge in [-0.05, 0) is 55.5 Å². The summed E-state index contributed by atoms with van der Waals surface area (Å²) in [6.07, 6.45) is -0.782. The summed E-state index contributed by atoms with van der Waals surface area (Å²) in [4.78, 5) is 17.0. The number of benzene rings is 3. The van der Waals surface area contributed by atoms with Crippen LogP contribution in [0.25, 0.3) is 22.6 Å². The lowest BCUT2D eigenvalue weighted by molar-refractivity contribution is -0.122. The predicted octanol–water partition coefficient (Wildman–Crippen LogP) is 6.86. The van der Waals surface area contributed by atoms with Crippen molar-refractivity contribution in [3.8, 4) is 17.2 Å². The van der Waals surface area contributed by atoms with Crippen LogP contribution in [0.2, 0.25) is 15.1 Å². The molecule has 0 bridgehead atoms. The fourth-order valence-electron chi connectivity index (χ4n) is 2.81. The molecule has 0 aliphatic heterocycles. The second-order valence-electron chi connectivity index (χ2n) is 6.51. The van der Waals surface area contributed by atoms with E-state index in [1.54, 1.807) is 49.4 Å². The SMILES string of the molecule is CC(Oc1ccc(Cl)cc1Cl)C(=O)Nc1ccc2oc(-c3ccccc3Cl)nc2c1.